The van der Waals surface area contributed by atoms with Crippen LogP contribution in [0.3, 0.4) is 0 Å². The maximum absolute atomic E-state index is 12.6. The molecule has 3 heteroatoms. The lowest BCUT2D eigenvalue weighted by molar-refractivity contribution is 0.104. The number of methoxy groups -OCH3 is 2. The van der Waals surface area contributed by atoms with Gasteiger partial charge in [0.2, 0.25) is 0 Å². The molecule has 128 valence electrons. The molecule has 0 saturated carbocycles. The number of hydrogen-bond donors (Lipinski definition) is 0. The highest BCUT2D eigenvalue weighted by Gasteiger charge is 2.25. The summed E-state index contributed by atoms with van der Waals surface area (Å²) in [5.41, 5.74) is 5.55. The fourth-order valence-corrected chi connectivity index (χ4v) is 3.30. The Kier molecular flexibility index (Phi) is 4.05. The summed E-state index contributed by atoms with van der Waals surface area (Å²) in [5, 5.41) is 0. The monoisotopic (exact) mass is 342 g/mol. The summed E-state index contributed by atoms with van der Waals surface area (Å²) in [6.07, 6.45) is 3.99. The van der Waals surface area contributed by atoms with Crippen molar-refractivity contribution in [2.75, 3.05) is 14.2 Å². The first-order chi connectivity index (χ1) is 12.7. The van der Waals surface area contributed by atoms with E-state index in [1.807, 2.05) is 72.8 Å². The van der Waals surface area contributed by atoms with E-state index >= 15 is 0 Å². The summed E-state index contributed by atoms with van der Waals surface area (Å²) in [4.78, 5) is 12.6. The average molecular weight is 342 g/mol. The van der Waals surface area contributed by atoms with Crippen LogP contribution < -0.4 is 9.47 Å². The van der Waals surface area contributed by atoms with Crippen molar-refractivity contribution in [3.8, 4) is 22.6 Å². The number of benzene rings is 3. The van der Waals surface area contributed by atoms with E-state index in [0.29, 0.717) is 11.5 Å². The van der Waals surface area contributed by atoms with Gasteiger partial charge in [-0.2, -0.15) is 0 Å². The van der Waals surface area contributed by atoms with Crippen LogP contribution in [0.5, 0.6) is 11.5 Å². The van der Waals surface area contributed by atoms with Crippen LogP contribution in [0, 0.1) is 0 Å². The number of fused-ring (bicyclic) bond motifs is 3. The zero-order valence-electron chi connectivity index (χ0n) is 14.7. The molecule has 0 fully saturated rings. The van der Waals surface area contributed by atoms with Crippen molar-refractivity contribution in [3.05, 3.63) is 82.9 Å². The minimum absolute atomic E-state index is 0.0944. The van der Waals surface area contributed by atoms with E-state index in [1.54, 1.807) is 14.2 Å². The number of carbonyl (C=O) groups is 1. The summed E-state index contributed by atoms with van der Waals surface area (Å²) >= 11 is 0. The molecule has 3 aromatic carbocycles. The molecule has 3 nitrogen and oxygen atoms in total. The Morgan fingerprint density at radius 3 is 2.00 bits per heavy atom. The molecule has 0 saturated heterocycles. The molecule has 26 heavy (non-hydrogen) atoms. The Balaban J connectivity index is 1.65. The second-order valence-corrected chi connectivity index (χ2v) is 6.13. The number of ether oxygens (including phenoxy) is 2. The number of hydrogen-bond acceptors (Lipinski definition) is 3. The molecule has 0 aromatic heterocycles. The van der Waals surface area contributed by atoms with Gasteiger partial charge in [0, 0.05) is 11.1 Å². The van der Waals surface area contributed by atoms with Crippen molar-refractivity contribution < 1.29 is 14.3 Å². The highest BCUT2D eigenvalue weighted by atomic mass is 16.5. The summed E-state index contributed by atoms with van der Waals surface area (Å²) in [7, 11) is 3.24. The fourth-order valence-electron chi connectivity index (χ4n) is 3.30. The van der Waals surface area contributed by atoms with Crippen LogP contribution >= 0.6 is 0 Å². The standard InChI is InChI=1S/C23H18O3/c1-25-21-12-10-16(14-22(21)26-2)8-7-15-9-11-18-17-5-3-4-6-19(17)23(24)20(18)13-15/h3-14H,1-2H3/b8-7+. The molecule has 3 aromatic rings. The van der Waals surface area contributed by atoms with E-state index in [1.165, 1.54) is 0 Å². The molecule has 0 radical (unpaired) electrons. The molecular weight excluding hydrogens is 324 g/mol. The SMILES string of the molecule is COc1ccc(/C=C/c2ccc3c(c2)C(=O)c2ccccc2-3)cc1OC. The summed E-state index contributed by atoms with van der Waals surface area (Å²) < 4.78 is 10.6. The maximum atomic E-state index is 12.6. The van der Waals surface area contributed by atoms with Crippen LogP contribution in [0.2, 0.25) is 0 Å². The molecule has 0 N–H and O–H groups in total. The molecule has 4 rings (SSSR count). The Bertz CT molecular complexity index is 1030. The molecule has 0 heterocycles. The van der Waals surface area contributed by atoms with Gasteiger partial charge in [0.05, 0.1) is 14.2 Å². The quantitative estimate of drug-likeness (QED) is 0.485. The van der Waals surface area contributed by atoms with Crippen molar-refractivity contribution >= 4 is 17.9 Å². The van der Waals surface area contributed by atoms with Crippen LogP contribution in [0.4, 0.5) is 0 Å². The zero-order valence-corrected chi connectivity index (χ0v) is 14.7. The lowest BCUT2D eigenvalue weighted by atomic mass is 10.0. The van der Waals surface area contributed by atoms with Gasteiger partial charge in [-0.25, -0.2) is 0 Å². The van der Waals surface area contributed by atoms with E-state index in [9.17, 15) is 4.79 Å². The summed E-state index contributed by atoms with van der Waals surface area (Å²) in [6, 6.07) is 19.5. The van der Waals surface area contributed by atoms with Gasteiger partial charge < -0.3 is 9.47 Å². The topological polar surface area (TPSA) is 35.5 Å². The molecule has 0 bridgehead atoms. The first kappa shape index (κ1) is 16.2. The first-order valence-corrected chi connectivity index (χ1v) is 8.39. The number of ketones is 1. The molecule has 0 atom stereocenters. The van der Waals surface area contributed by atoms with Gasteiger partial charge in [-0.1, -0.05) is 54.6 Å². The third-order valence-corrected chi connectivity index (χ3v) is 4.63. The van der Waals surface area contributed by atoms with Crippen LogP contribution in [0.25, 0.3) is 23.3 Å². The van der Waals surface area contributed by atoms with Gasteiger partial charge in [0.25, 0.3) is 0 Å². The molecule has 1 aliphatic rings. The first-order valence-electron chi connectivity index (χ1n) is 8.39. The highest BCUT2D eigenvalue weighted by Crippen LogP contribution is 2.37. The third kappa shape index (κ3) is 2.68. The van der Waals surface area contributed by atoms with Crippen molar-refractivity contribution in [1.82, 2.24) is 0 Å². The largest absolute Gasteiger partial charge is 0.493 e. The zero-order chi connectivity index (χ0) is 18.1. The molecular formula is C23H18O3. The normalized spacial score (nSPS) is 12.2. The van der Waals surface area contributed by atoms with Gasteiger partial charge in [-0.15, -0.1) is 0 Å². The molecule has 0 unspecified atom stereocenters. The Morgan fingerprint density at radius 1 is 0.654 bits per heavy atom. The minimum atomic E-state index is 0.0944. The van der Waals surface area contributed by atoms with Crippen LogP contribution in [-0.2, 0) is 0 Å². The second kappa shape index (κ2) is 6.52. The van der Waals surface area contributed by atoms with Gasteiger partial charge in [-0.05, 0) is 40.5 Å². The maximum Gasteiger partial charge on any atom is 0.194 e. The number of rotatable bonds is 4. The molecule has 0 aliphatic heterocycles. The van der Waals surface area contributed by atoms with Crippen molar-refractivity contribution in [2.24, 2.45) is 0 Å². The van der Waals surface area contributed by atoms with Crippen LogP contribution in [-0.4, -0.2) is 20.0 Å². The highest BCUT2D eigenvalue weighted by molar-refractivity contribution is 6.21. The predicted octanol–water partition coefficient (Wildman–Crippen LogP) is 5.09. The van der Waals surface area contributed by atoms with Gasteiger partial charge >= 0.3 is 0 Å². The van der Waals surface area contributed by atoms with Crippen molar-refractivity contribution in [1.29, 1.82) is 0 Å². The Labute approximate surface area is 152 Å². The Hall–Kier alpha value is -3.33. The summed E-state index contributed by atoms with van der Waals surface area (Å²) in [5.74, 6) is 1.48. The van der Waals surface area contributed by atoms with Gasteiger partial charge in [-0.3, -0.25) is 4.79 Å². The number of carbonyl (C=O) groups excluding carboxylic acids is 1. The van der Waals surface area contributed by atoms with E-state index < -0.39 is 0 Å². The van der Waals surface area contributed by atoms with E-state index in [0.717, 1.165) is 33.4 Å². The third-order valence-electron chi connectivity index (χ3n) is 4.63. The molecule has 1 aliphatic carbocycles. The lowest BCUT2D eigenvalue weighted by Crippen LogP contribution is -1.94. The van der Waals surface area contributed by atoms with Crippen molar-refractivity contribution in [3.63, 3.8) is 0 Å². The molecule has 0 spiro atoms. The lowest BCUT2D eigenvalue weighted by Gasteiger charge is -2.07. The van der Waals surface area contributed by atoms with E-state index in [4.69, 9.17) is 9.47 Å². The van der Waals surface area contributed by atoms with Gasteiger partial charge in [0.1, 0.15) is 0 Å². The van der Waals surface area contributed by atoms with Crippen LogP contribution in [0.15, 0.2) is 60.7 Å². The van der Waals surface area contributed by atoms with Gasteiger partial charge in [0.15, 0.2) is 17.3 Å². The van der Waals surface area contributed by atoms with Crippen LogP contribution in [0.1, 0.15) is 27.0 Å². The predicted molar refractivity (Wildman–Crippen MR) is 104 cm³/mol. The fraction of sp³-hybridized carbons (Fsp3) is 0.0870. The van der Waals surface area contributed by atoms with E-state index in [-0.39, 0.29) is 5.78 Å². The van der Waals surface area contributed by atoms with Crippen molar-refractivity contribution in [2.45, 2.75) is 0 Å². The average Bonchev–Trinajstić information content (AvgIpc) is 2.98. The molecule has 0 amide bonds. The summed E-state index contributed by atoms with van der Waals surface area (Å²) in [6.45, 7) is 0. The second-order valence-electron chi connectivity index (χ2n) is 6.13. The minimum Gasteiger partial charge on any atom is -0.493 e. The smallest absolute Gasteiger partial charge is 0.194 e. The van der Waals surface area contributed by atoms with E-state index in [2.05, 4.69) is 0 Å². The Morgan fingerprint density at radius 2 is 1.27 bits per heavy atom.